The molecular weight excluding hydrogens is 414 g/mol. The highest BCUT2D eigenvalue weighted by Gasteiger charge is 2.53. The van der Waals surface area contributed by atoms with Gasteiger partial charge in [-0.05, 0) is 58.8 Å². The highest BCUT2D eigenvalue weighted by Crippen LogP contribution is 2.44. The van der Waals surface area contributed by atoms with Crippen molar-refractivity contribution in [3.8, 4) is 0 Å². The van der Waals surface area contributed by atoms with E-state index in [9.17, 15) is 9.59 Å². The molecule has 0 aromatic carbocycles. The number of unbranched alkanes of at least 4 members (excludes halogenated alkanes) is 3. The lowest BCUT2D eigenvalue weighted by Crippen LogP contribution is -2.52. The zero-order chi connectivity index (χ0) is 25.3. The van der Waals surface area contributed by atoms with Gasteiger partial charge in [-0.25, -0.2) is 4.79 Å². The molecule has 1 aliphatic heterocycles. The Morgan fingerprint density at radius 1 is 0.848 bits per heavy atom. The summed E-state index contributed by atoms with van der Waals surface area (Å²) in [6.07, 6.45) is 10.4. The molecule has 0 aromatic heterocycles. The second kappa shape index (κ2) is 12.4. The molecule has 1 saturated heterocycles. The van der Waals surface area contributed by atoms with Gasteiger partial charge in [0.05, 0.1) is 12.0 Å². The average molecular weight is 468 g/mol. The first-order valence-corrected chi connectivity index (χ1v) is 13.5. The van der Waals surface area contributed by atoms with Crippen LogP contribution in [0.5, 0.6) is 0 Å². The van der Waals surface area contributed by atoms with Crippen LogP contribution in [-0.2, 0) is 14.3 Å². The molecule has 1 atom stereocenters. The van der Waals surface area contributed by atoms with Crippen molar-refractivity contribution in [3.63, 3.8) is 0 Å². The van der Waals surface area contributed by atoms with Crippen LogP contribution < -0.4 is 0 Å². The van der Waals surface area contributed by atoms with E-state index in [0.717, 1.165) is 57.8 Å². The first-order chi connectivity index (χ1) is 15.3. The van der Waals surface area contributed by atoms with Gasteiger partial charge < -0.3 is 14.4 Å². The van der Waals surface area contributed by atoms with Crippen LogP contribution in [0.4, 0.5) is 4.79 Å². The third-order valence-corrected chi connectivity index (χ3v) is 7.84. The minimum atomic E-state index is -0.700. The number of carbonyl (C=O) groups is 2. The summed E-state index contributed by atoms with van der Waals surface area (Å²) in [6, 6.07) is 0. The SMILES string of the molecule is CCCCC(CCCC)(CCCC)OC(=O)N1CCC(OC(=O)C(C)(C)CC)(C(C)(C)C)C1. The lowest BCUT2D eigenvalue weighted by Gasteiger charge is -2.42. The fourth-order valence-electron chi connectivity index (χ4n) is 4.52. The number of likely N-dealkylation sites (tertiary alicyclic amines) is 1. The van der Waals surface area contributed by atoms with Gasteiger partial charge in [-0.3, -0.25) is 4.79 Å². The third kappa shape index (κ3) is 7.89. The number of ether oxygens (including phenoxy) is 2. The van der Waals surface area contributed by atoms with Crippen LogP contribution in [0, 0.1) is 10.8 Å². The fraction of sp³-hybridized carbons (Fsp3) is 0.929. The van der Waals surface area contributed by atoms with Gasteiger partial charge in [0.2, 0.25) is 0 Å². The maximum atomic E-state index is 13.5. The van der Waals surface area contributed by atoms with Gasteiger partial charge in [0, 0.05) is 18.4 Å². The molecule has 1 aliphatic rings. The van der Waals surface area contributed by atoms with Gasteiger partial charge in [0.25, 0.3) is 0 Å². The molecule has 33 heavy (non-hydrogen) atoms. The minimum Gasteiger partial charge on any atom is -0.456 e. The van der Waals surface area contributed by atoms with Crippen LogP contribution >= 0.6 is 0 Å². The molecule has 0 N–H and O–H groups in total. The monoisotopic (exact) mass is 467 g/mol. The van der Waals surface area contributed by atoms with E-state index in [1.807, 2.05) is 20.8 Å². The van der Waals surface area contributed by atoms with Crippen LogP contribution in [-0.4, -0.2) is 41.3 Å². The molecule has 1 heterocycles. The van der Waals surface area contributed by atoms with Gasteiger partial charge in [0.15, 0.2) is 0 Å². The Labute approximate surface area is 204 Å². The van der Waals surface area contributed by atoms with Crippen molar-refractivity contribution in [2.45, 2.75) is 144 Å². The van der Waals surface area contributed by atoms with E-state index in [0.29, 0.717) is 25.9 Å². The Morgan fingerprint density at radius 2 is 1.33 bits per heavy atom. The van der Waals surface area contributed by atoms with Crippen molar-refractivity contribution in [1.82, 2.24) is 4.90 Å². The highest BCUT2D eigenvalue weighted by molar-refractivity contribution is 5.76. The molecule has 5 nitrogen and oxygen atoms in total. The van der Waals surface area contributed by atoms with E-state index < -0.39 is 11.0 Å². The first kappa shape index (κ1) is 29.8. The van der Waals surface area contributed by atoms with Crippen LogP contribution in [0.2, 0.25) is 0 Å². The number of esters is 1. The number of rotatable bonds is 13. The number of nitrogens with zero attached hydrogens (tertiary/aromatic N) is 1. The van der Waals surface area contributed by atoms with E-state index in [1.54, 1.807) is 4.90 Å². The van der Waals surface area contributed by atoms with E-state index in [1.165, 1.54) is 0 Å². The lowest BCUT2D eigenvalue weighted by molar-refractivity contribution is -0.182. The molecule has 1 unspecified atom stereocenters. The summed E-state index contributed by atoms with van der Waals surface area (Å²) >= 11 is 0. The Kier molecular flexibility index (Phi) is 11.2. The Hall–Kier alpha value is -1.26. The van der Waals surface area contributed by atoms with Gasteiger partial charge in [-0.15, -0.1) is 0 Å². The second-order valence-electron chi connectivity index (χ2n) is 11.9. The predicted octanol–water partition coefficient (Wildman–Crippen LogP) is 7.90. The third-order valence-electron chi connectivity index (χ3n) is 7.84. The average Bonchev–Trinajstić information content (AvgIpc) is 3.20. The zero-order valence-corrected chi connectivity index (χ0v) is 23.3. The van der Waals surface area contributed by atoms with E-state index in [2.05, 4.69) is 41.5 Å². The van der Waals surface area contributed by atoms with Crippen LogP contribution in [0.3, 0.4) is 0 Å². The van der Waals surface area contributed by atoms with Crippen molar-refractivity contribution in [1.29, 1.82) is 0 Å². The largest absolute Gasteiger partial charge is 0.456 e. The maximum Gasteiger partial charge on any atom is 0.410 e. The smallest absolute Gasteiger partial charge is 0.410 e. The predicted molar refractivity (Wildman–Crippen MR) is 136 cm³/mol. The Balaban J connectivity index is 3.09. The molecule has 194 valence electrons. The molecule has 0 aromatic rings. The molecule has 0 spiro atoms. The maximum absolute atomic E-state index is 13.5. The number of amides is 1. The fourth-order valence-corrected chi connectivity index (χ4v) is 4.52. The summed E-state index contributed by atoms with van der Waals surface area (Å²) in [5.41, 5.74) is -1.91. The lowest BCUT2D eigenvalue weighted by atomic mass is 9.75. The second-order valence-corrected chi connectivity index (χ2v) is 11.9. The molecule has 5 heteroatoms. The molecular formula is C28H53NO4. The quantitative estimate of drug-likeness (QED) is 0.258. The molecule has 1 amide bonds. The van der Waals surface area contributed by atoms with Crippen LogP contribution in [0.15, 0.2) is 0 Å². The van der Waals surface area contributed by atoms with Crippen molar-refractivity contribution in [2.75, 3.05) is 13.1 Å². The Bertz CT molecular complexity index is 600. The summed E-state index contributed by atoms with van der Waals surface area (Å²) in [4.78, 5) is 28.3. The summed E-state index contributed by atoms with van der Waals surface area (Å²) in [6.45, 7) is 19.7. The zero-order valence-electron chi connectivity index (χ0n) is 23.3. The number of hydrogen-bond donors (Lipinski definition) is 0. The van der Waals surface area contributed by atoms with Crippen LogP contribution in [0.25, 0.3) is 0 Å². The van der Waals surface area contributed by atoms with Gasteiger partial charge in [0.1, 0.15) is 11.2 Å². The molecule has 0 saturated carbocycles. The summed E-state index contributed by atoms with van der Waals surface area (Å²) in [5, 5.41) is 0. The van der Waals surface area contributed by atoms with Crippen LogP contribution in [0.1, 0.15) is 133 Å². The molecule has 0 aliphatic carbocycles. The van der Waals surface area contributed by atoms with Gasteiger partial charge in [-0.1, -0.05) is 67.7 Å². The molecule has 1 rings (SSSR count). The molecule has 1 fully saturated rings. The standard InChI is InChI=1S/C28H53NO4/c1-10-14-17-27(18-15-11-2,19-16-12-3)33-24(31)29-21-20-28(22-29,25(5,6)7)32-23(30)26(8,9)13-4/h10-22H2,1-9H3. The summed E-state index contributed by atoms with van der Waals surface area (Å²) < 4.78 is 12.6. The number of carbonyl (C=O) groups excluding carboxylic acids is 2. The molecule has 0 radical (unpaired) electrons. The normalized spacial score (nSPS) is 19.6. The van der Waals surface area contributed by atoms with Crippen molar-refractivity contribution >= 4 is 12.1 Å². The van der Waals surface area contributed by atoms with E-state index in [-0.39, 0.29) is 23.1 Å². The topological polar surface area (TPSA) is 55.8 Å². The summed E-state index contributed by atoms with van der Waals surface area (Å²) in [5.74, 6) is -0.182. The van der Waals surface area contributed by atoms with Crippen molar-refractivity contribution in [3.05, 3.63) is 0 Å². The van der Waals surface area contributed by atoms with E-state index >= 15 is 0 Å². The van der Waals surface area contributed by atoms with Gasteiger partial charge >= 0.3 is 12.1 Å². The highest BCUT2D eigenvalue weighted by atomic mass is 16.6. The minimum absolute atomic E-state index is 0.182. The number of hydrogen-bond acceptors (Lipinski definition) is 4. The van der Waals surface area contributed by atoms with Gasteiger partial charge in [-0.2, -0.15) is 0 Å². The van der Waals surface area contributed by atoms with Crippen molar-refractivity contribution < 1.29 is 19.1 Å². The summed E-state index contributed by atoms with van der Waals surface area (Å²) in [7, 11) is 0. The molecule has 0 bridgehead atoms. The first-order valence-electron chi connectivity index (χ1n) is 13.5. The Morgan fingerprint density at radius 3 is 1.73 bits per heavy atom. The van der Waals surface area contributed by atoms with E-state index in [4.69, 9.17) is 9.47 Å². The van der Waals surface area contributed by atoms with Crippen molar-refractivity contribution in [2.24, 2.45) is 10.8 Å².